The molecule has 0 aliphatic rings. The number of furan rings is 1. The lowest BCUT2D eigenvalue weighted by Crippen LogP contribution is -2.09. The summed E-state index contributed by atoms with van der Waals surface area (Å²) in [5.74, 6) is 1.26. The zero-order valence-electron chi connectivity index (χ0n) is 37.5. The Bertz CT molecular complexity index is 2800. The Morgan fingerprint density at radius 1 is 0.591 bits per heavy atom. The minimum Gasteiger partial charge on any atom is -0.494 e. The van der Waals surface area contributed by atoms with Crippen molar-refractivity contribution in [3.63, 3.8) is 0 Å². The van der Waals surface area contributed by atoms with Gasteiger partial charge in [0.15, 0.2) is 0 Å². The standard InChI is InChI=1S/C58H54N2O5S/c1-3-5-7-9-35-63-52-29-19-44(20-30-52)42-13-23-49(24-14-42)60(50-25-15-43(16-26-50)45-21-31-53(32-22-45)64-36-10-8-6-4-2)51-27-17-46(18-28-51)56-33-34-57(66-56)55-39-47-12-11-41(38-54(47)65-55)37-48(40-59)58(61)62/h11-34,37-39H,3-10,35-36H2,1-2H3,(H,61,62)/b48-37-. The molecule has 2 heterocycles. The third-order valence-corrected chi connectivity index (χ3v) is 12.8. The van der Waals surface area contributed by atoms with Crippen molar-refractivity contribution in [1.82, 2.24) is 0 Å². The summed E-state index contributed by atoms with van der Waals surface area (Å²) in [6, 6.07) is 56.2. The molecule has 66 heavy (non-hydrogen) atoms. The SMILES string of the molecule is CCCCCCOc1ccc(-c2ccc(N(c3ccc(-c4ccc(OCCCCCC)cc4)cc3)c3ccc(-c4ccc(-c5cc6ccc(/C=C(/C#N)C(=O)O)cc6o5)s4)cc3)cc2)cc1. The van der Waals surface area contributed by atoms with Gasteiger partial charge >= 0.3 is 5.97 Å². The van der Waals surface area contributed by atoms with Crippen molar-refractivity contribution in [3.05, 3.63) is 169 Å². The average molecular weight is 891 g/mol. The van der Waals surface area contributed by atoms with Crippen LogP contribution in [0.1, 0.15) is 70.8 Å². The summed E-state index contributed by atoms with van der Waals surface area (Å²) in [7, 11) is 0. The fraction of sp³-hybridized carbons (Fsp3) is 0.207. The van der Waals surface area contributed by atoms with E-state index in [1.807, 2.05) is 12.1 Å². The Balaban J connectivity index is 1.03. The average Bonchev–Trinajstić information content (AvgIpc) is 4.03. The minimum atomic E-state index is -1.26. The molecular formula is C58H54N2O5S. The highest BCUT2D eigenvalue weighted by molar-refractivity contribution is 7.18. The summed E-state index contributed by atoms with van der Waals surface area (Å²) >= 11 is 1.64. The first-order valence-corrected chi connectivity index (χ1v) is 23.8. The highest BCUT2D eigenvalue weighted by atomic mass is 32.1. The fourth-order valence-corrected chi connectivity index (χ4v) is 8.91. The van der Waals surface area contributed by atoms with Gasteiger partial charge in [0.1, 0.15) is 34.5 Å². The lowest BCUT2D eigenvalue weighted by Gasteiger charge is -2.26. The van der Waals surface area contributed by atoms with E-state index in [1.165, 1.54) is 44.6 Å². The van der Waals surface area contributed by atoms with Crippen LogP contribution < -0.4 is 14.4 Å². The number of nitrogens with zero attached hydrogens (tertiary/aromatic N) is 2. The quantitative estimate of drug-likeness (QED) is 0.0436. The van der Waals surface area contributed by atoms with Gasteiger partial charge in [0.25, 0.3) is 0 Å². The van der Waals surface area contributed by atoms with Crippen LogP contribution in [0.3, 0.4) is 0 Å². The third kappa shape index (κ3) is 11.3. The maximum absolute atomic E-state index is 11.4. The number of carbonyl (C=O) groups is 1. The van der Waals surface area contributed by atoms with Crippen LogP contribution in [0, 0.1) is 11.3 Å². The van der Waals surface area contributed by atoms with Crippen LogP contribution in [-0.4, -0.2) is 24.3 Å². The second-order valence-electron chi connectivity index (χ2n) is 16.4. The van der Waals surface area contributed by atoms with Gasteiger partial charge < -0.3 is 23.9 Å². The molecule has 2 aromatic heterocycles. The Hall–Kier alpha value is -7.34. The minimum absolute atomic E-state index is 0.332. The smallest absolute Gasteiger partial charge is 0.346 e. The van der Waals surface area contributed by atoms with E-state index in [9.17, 15) is 15.2 Å². The van der Waals surface area contributed by atoms with Gasteiger partial charge in [0, 0.05) is 27.3 Å². The number of ether oxygens (including phenoxy) is 2. The van der Waals surface area contributed by atoms with Crippen LogP contribution in [0.2, 0.25) is 0 Å². The zero-order valence-corrected chi connectivity index (χ0v) is 38.4. The first-order chi connectivity index (χ1) is 32.4. The molecule has 8 rings (SSSR count). The normalized spacial score (nSPS) is 11.4. The van der Waals surface area contributed by atoms with Crippen molar-refractivity contribution in [3.8, 4) is 60.9 Å². The Morgan fingerprint density at radius 3 is 1.53 bits per heavy atom. The second-order valence-corrected chi connectivity index (χ2v) is 17.5. The molecule has 7 nitrogen and oxygen atoms in total. The molecule has 0 atom stereocenters. The van der Waals surface area contributed by atoms with Crippen LogP contribution in [-0.2, 0) is 4.79 Å². The molecule has 8 aromatic rings. The predicted molar refractivity (Wildman–Crippen MR) is 271 cm³/mol. The van der Waals surface area contributed by atoms with Crippen molar-refractivity contribution >= 4 is 51.4 Å². The van der Waals surface area contributed by atoms with Gasteiger partial charge in [-0.2, -0.15) is 5.26 Å². The van der Waals surface area contributed by atoms with Gasteiger partial charge in [-0.15, -0.1) is 11.3 Å². The van der Waals surface area contributed by atoms with Crippen LogP contribution in [0.4, 0.5) is 17.1 Å². The summed E-state index contributed by atoms with van der Waals surface area (Å²) in [5.41, 5.74) is 9.61. The number of aliphatic carboxylic acids is 1. The van der Waals surface area contributed by atoms with E-state index in [0.717, 1.165) is 103 Å². The number of benzene rings is 6. The van der Waals surface area contributed by atoms with Crippen molar-refractivity contribution in [1.29, 1.82) is 5.26 Å². The maximum atomic E-state index is 11.4. The summed E-state index contributed by atoms with van der Waals surface area (Å²) in [6.45, 7) is 5.93. The lowest BCUT2D eigenvalue weighted by molar-refractivity contribution is -0.132. The molecule has 6 aromatic carbocycles. The molecule has 0 amide bonds. The van der Waals surface area contributed by atoms with Gasteiger partial charge in [-0.25, -0.2) is 4.79 Å². The number of carboxylic acid groups (broad SMARTS) is 1. The first-order valence-electron chi connectivity index (χ1n) is 22.9. The van der Waals surface area contributed by atoms with Crippen LogP contribution >= 0.6 is 11.3 Å². The second kappa shape index (κ2) is 22.0. The molecule has 0 saturated heterocycles. The fourth-order valence-electron chi connectivity index (χ4n) is 7.95. The molecule has 8 heteroatoms. The number of thiophene rings is 1. The van der Waals surface area contributed by atoms with E-state index >= 15 is 0 Å². The summed E-state index contributed by atoms with van der Waals surface area (Å²) in [4.78, 5) is 15.7. The molecule has 0 aliphatic carbocycles. The van der Waals surface area contributed by atoms with Gasteiger partial charge in [0.05, 0.1) is 18.1 Å². The lowest BCUT2D eigenvalue weighted by atomic mass is 10.0. The van der Waals surface area contributed by atoms with Crippen LogP contribution in [0.15, 0.2) is 168 Å². The number of anilines is 3. The largest absolute Gasteiger partial charge is 0.494 e. The number of fused-ring (bicyclic) bond motifs is 1. The number of hydrogen-bond donors (Lipinski definition) is 1. The topological polar surface area (TPSA) is 95.9 Å². The molecule has 0 saturated carbocycles. The number of nitriles is 1. The van der Waals surface area contributed by atoms with Crippen molar-refractivity contribution < 1.29 is 23.8 Å². The molecular weight excluding hydrogens is 837 g/mol. The Morgan fingerprint density at radius 2 is 1.06 bits per heavy atom. The maximum Gasteiger partial charge on any atom is 0.346 e. The van der Waals surface area contributed by atoms with E-state index in [2.05, 4.69) is 152 Å². The third-order valence-electron chi connectivity index (χ3n) is 11.6. The zero-order chi connectivity index (χ0) is 45.7. The summed E-state index contributed by atoms with van der Waals surface area (Å²) < 4.78 is 18.3. The van der Waals surface area contributed by atoms with Crippen molar-refractivity contribution in [2.45, 2.75) is 65.2 Å². The predicted octanol–water partition coefficient (Wildman–Crippen LogP) is 16.5. The van der Waals surface area contributed by atoms with Crippen molar-refractivity contribution in [2.75, 3.05) is 18.1 Å². The molecule has 0 spiro atoms. The first kappa shape index (κ1) is 45.2. The van der Waals surface area contributed by atoms with E-state index in [0.29, 0.717) is 11.1 Å². The molecule has 1 N–H and O–H groups in total. The molecule has 0 aliphatic heterocycles. The van der Waals surface area contributed by atoms with Gasteiger partial charge in [-0.3, -0.25) is 0 Å². The molecule has 0 fully saturated rings. The Labute approximate surface area is 391 Å². The number of carboxylic acids is 1. The van der Waals surface area contributed by atoms with E-state index in [-0.39, 0.29) is 5.57 Å². The monoisotopic (exact) mass is 890 g/mol. The molecule has 0 unspecified atom stereocenters. The molecule has 332 valence electrons. The van der Waals surface area contributed by atoms with E-state index in [1.54, 1.807) is 29.5 Å². The van der Waals surface area contributed by atoms with E-state index < -0.39 is 5.97 Å². The van der Waals surface area contributed by atoms with Gasteiger partial charge in [0.2, 0.25) is 0 Å². The Kier molecular flexibility index (Phi) is 15.1. The highest BCUT2D eigenvalue weighted by Gasteiger charge is 2.16. The highest BCUT2D eigenvalue weighted by Crippen LogP contribution is 2.41. The van der Waals surface area contributed by atoms with Crippen molar-refractivity contribution in [2.24, 2.45) is 0 Å². The van der Waals surface area contributed by atoms with Crippen LogP contribution in [0.25, 0.3) is 60.4 Å². The van der Waals surface area contributed by atoms with Gasteiger partial charge in [-0.1, -0.05) is 125 Å². The van der Waals surface area contributed by atoms with E-state index in [4.69, 9.17) is 13.9 Å². The van der Waals surface area contributed by atoms with Crippen LogP contribution in [0.5, 0.6) is 11.5 Å². The summed E-state index contributed by atoms with van der Waals surface area (Å²) in [6.07, 6.45) is 10.8. The summed E-state index contributed by atoms with van der Waals surface area (Å²) in [5, 5.41) is 19.4. The molecule has 0 bridgehead atoms. The number of unbranched alkanes of at least 4 members (excludes halogenated alkanes) is 6. The number of hydrogen-bond acceptors (Lipinski definition) is 7. The van der Waals surface area contributed by atoms with Gasteiger partial charge in [-0.05, 0) is 137 Å². The number of rotatable bonds is 21. The molecule has 0 radical (unpaired) electrons.